The van der Waals surface area contributed by atoms with Gasteiger partial charge in [-0.15, -0.1) is 24.8 Å². The molecule has 1 aromatic carbocycles. The summed E-state index contributed by atoms with van der Waals surface area (Å²) in [6.07, 6.45) is 1.71. The van der Waals surface area contributed by atoms with Gasteiger partial charge in [0.15, 0.2) is 0 Å². The summed E-state index contributed by atoms with van der Waals surface area (Å²) in [4.78, 5) is 16.6. The number of hydrogen-bond donors (Lipinski definition) is 1. The summed E-state index contributed by atoms with van der Waals surface area (Å²) >= 11 is 0. The minimum atomic E-state index is -0.345. The fraction of sp³-hybridized carbons (Fsp3) is 0.611. The van der Waals surface area contributed by atoms with Crippen molar-refractivity contribution in [1.82, 2.24) is 9.80 Å². The summed E-state index contributed by atoms with van der Waals surface area (Å²) in [5.74, 6) is 0.981. The van der Waals surface area contributed by atoms with Gasteiger partial charge in [-0.25, -0.2) is 0 Å². The number of hydrogen-bond acceptors (Lipinski definition) is 4. The number of benzene rings is 1. The predicted molar refractivity (Wildman–Crippen MR) is 107 cm³/mol. The van der Waals surface area contributed by atoms with E-state index in [2.05, 4.69) is 30.9 Å². The second-order valence-corrected chi connectivity index (χ2v) is 6.21. The molecule has 1 fully saturated rings. The lowest BCUT2D eigenvalue weighted by atomic mass is 10.1. The molecule has 2 N–H and O–H groups in total. The highest BCUT2D eigenvalue weighted by atomic mass is 35.5. The Hall–Kier alpha value is -1.01. The number of nitrogens with two attached hydrogens (primary N) is 1. The van der Waals surface area contributed by atoms with Crippen LogP contribution in [0.1, 0.15) is 38.3 Å². The third kappa shape index (κ3) is 6.33. The number of carbonyl (C=O) groups is 1. The second-order valence-electron chi connectivity index (χ2n) is 6.21. The van der Waals surface area contributed by atoms with E-state index in [1.54, 1.807) is 7.11 Å². The Bertz CT molecular complexity index is 523. The average Bonchev–Trinajstić information content (AvgIpc) is 2.60. The molecule has 0 spiro atoms. The Labute approximate surface area is 163 Å². The number of rotatable bonds is 6. The van der Waals surface area contributed by atoms with Crippen LogP contribution in [0.3, 0.4) is 0 Å². The molecule has 2 unspecified atom stereocenters. The third-order valence-corrected chi connectivity index (χ3v) is 4.67. The van der Waals surface area contributed by atoms with Gasteiger partial charge in [-0.3, -0.25) is 9.69 Å². The Balaban J connectivity index is 0.00000288. The van der Waals surface area contributed by atoms with Crippen LogP contribution in [0, 0.1) is 0 Å². The van der Waals surface area contributed by atoms with Crippen molar-refractivity contribution >= 4 is 30.7 Å². The topological polar surface area (TPSA) is 58.8 Å². The molecule has 2 atom stereocenters. The van der Waals surface area contributed by atoms with Crippen LogP contribution < -0.4 is 10.5 Å². The van der Waals surface area contributed by atoms with Crippen LogP contribution in [0.2, 0.25) is 0 Å². The molecular weight excluding hydrogens is 361 g/mol. The maximum atomic E-state index is 12.3. The van der Waals surface area contributed by atoms with Crippen LogP contribution in [0.15, 0.2) is 24.3 Å². The quantitative estimate of drug-likeness (QED) is 0.809. The summed E-state index contributed by atoms with van der Waals surface area (Å²) in [5.41, 5.74) is 7.20. The van der Waals surface area contributed by atoms with Crippen molar-refractivity contribution in [2.24, 2.45) is 5.73 Å². The standard InChI is InChI=1S/C18H29N3O2.2ClH/c1-4-6-17(19)18(22)21-11-9-20(10-12-21)14(2)15-7-5-8-16(13-15)23-3;;/h5,7-8,13-14,17H,4,6,9-12,19H2,1-3H3;2*1H. The van der Waals surface area contributed by atoms with E-state index >= 15 is 0 Å². The van der Waals surface area contributed by atoms with E-state index in [4.69, 9.17) is 10.5 Å². The normalized spacial score (nSPS) is 17.0. The summed E-state index contributed by atoms with van der Waals surface area (Å²) in [5, 5.41) is 0. The number of carbonyl (C=O) groups excluding carboxylic acids is 1. The van der Waals surface area contributed by atoms with Crippen LogP contribution in [-0.2, 0) is 4.79 Å². The molecule has 0 aliphatic carbocycles. The molecule has 1 saturated heterocycles. The maximum absolute atomic E-state index is 12.3. The van der Waals surface area contributed by atoms with Crippen molar-refractivity contribution in [3.8, 4) is 5.75 Å². The first kappa shape index (κ1) is 24.0. The van der Waals surface area contributed by atoms with Crippen molar-refractivity contribution in [2.45, 2.75) is 38.8 Å². The molecule has 7 heteroatoms. The number of piperazine rings is 1. The largest absolute Gasteiger partial charge is 0.497 e. The number of amides is 1. The highest BCUT2D eigenvalue weighted by Crippen LogP contribution is 2.25. The van der Waals surface area contributed by atoms with Gasteiger partial charge in [0.25, 0.3) is 0 Å². The van der Waals surface area contributed by atoms with E-state index in [0.717, 1.165) is 44.8 Å². The fourth-order valence-corrected chi connectivity index (χ4v) is 3.11. The maximum Gasteiger partial charge on any atom is 0.239 e. The molecule has 1 aromatic rings. The predicted octanol–water partition coefficient (Wildman–Crippen LogP) is 2.87. The molecule has 0 radical (unpaired) electrons. The van der Waals surface area contributed by atoms with E-state index in [-0.39, 0.29) is 36.8 Å². The van der Waals surface area contributed by atoms with Gasteiger partial charge in [-0.2, -0.15) is 0 Å². The van der Waals surface area contributed by atoms with Gasteiger partial charge < -0.3 is 15.4 Å². The minimum absolute atomic E-state index is 0. The van der Waals surface area contributed by atoms with Crippen LogP contribution in [0.5, 0.6) is 5.75 Å². The molecule has 144 valence electrons. The molecule has 25 heavy (non-hydrogen) atoms. The Kier molecular flexibility index (Phi) is 11.1. The SMILES string of the molecule is CCCC(N)C(=O)N1CCN(C(C)c2cccc(OC)c2)CC1.Cl.Cl. The molecule has 2 rings (SSSR count). The minimum Gasteiger partial charge on any atom is -0.497 e. The van der Waals surface area contributed by atoms with Crippen LogP contribution in [0.25, 0.3) is 0 Å². The molecule has 0 bridgehead atoms. The van der Waals surface area contributed by atoms with Crippen molar-refractivity contribution in [3.63, 3.8) is 0 Å². The Morgan fingerprint density at radius 3 is 2.44 bits per heavy atom. The zero-order chi connectivity index (χ0) is 16.8. The van der Waals surface area contributed by atoms with Gasteiger partial charge >= 0.3 is 0 Å². The van der Waals surface area contributed by atoms with Gasteiger partial charge in [0, 0.05) is 32.2 Å². The van der Waals surface area contributed by atoms with Crippen LogP contribution in [0.4, 0.5) is 0 Å². The fourth-order valence-electron chi connectivity index (χ4n) is 3.11. The molecule has 1 aliphatic rings. The van der Waals surface area contributed by atoms with Crippen molar-refractivity contribution < 1.29 is 9.53 Å². The Morgan fingerprint density at radius 2 is 1.88 bits per heavy atom. The molecular formula is C18H31Cl2N3O2. The number of ether oxygens (including phenoxy) is 1. The van der Waals surface area contributed by atoms with Gasteiger partial charge in [0.2, 0.25) is 5.91 Å². The van der Waals surface area contributed by atoms with Gasteiger partial charge in [-0.05, 0) is 31.0 Å². The Morgan fingerprint density at radius 1 is 1.24 bits per heavy atom. The van der Waals surface area contributed by atoms with Crippen LogP contribution >= 0.6 is 24.8 Å². The third-order valence-electron chi connectivity index (χ3n) is 4.67. The molecule has 0 saturated carbocycles. The number of halogens is 2. The van der Waals surface area contributed by atoms with E-state index in [1.165, 1.54) is 5.56 Å². The molecule has 0 aromatic heterocycles. The molecule has 5 nitrogen and oxygen atoms in total. The number of nitrogens with zero attached hydrogens (tertiary/aromatic N) is 2. The average molecular weight is 392 g/mol. The van der Waals surface area contributed by atoms with E-state index in [0.29, 0.717) is 6.04 Å². The van der Waals surface area contributed by atoms with Crippen molar-refractivity contribution in [3.05, 3.63) is 29.8 Å². The first-order valence-electron chi connectivity index (χ1n) is 8.49. The van der Waals surface area contributed by atoms with Crippen molar-refractivity contribution in [1.29, 1.82) is 0 Å². The first-order chi connectivity index (χ1) is 11.1. The summed E-state index contributed by atoms with van der Waals surface area (Å²) < 4.78 is 5.30. The second kappa shape index (κ2) is 11.6. The van der Waals surface area contributed by atoms with E-state index in [9.17, 15) is 4.79 Å². The molecule has 1 aliphatic heterocycles. The zero-order valence-electron chi connectivity index (χ0n) is 15.3. The monoisotopic (exact) mass is 391 g/mol. The summed E-state index contributed by atoms with van der Waals surface area (Å²) in [7, 11) is 1.69. The smallest absolute Gasteiger partial charge is 0.239 e. The van der Waals surface area contributed by atoms with Crippen molar-refractivity contribution in [2.75, 3.05) is 33.3 Å². The summed E-state index contributed by atoms with van der Waals surface area (Å²) in [6.45, 7) is 7.52. The van der Waals surface area contributed by atoms with Gasteiger partial charge in [-0.1, -0.05) is 25.5 Å². The number of methoxy groups -OCH3 is 1. The van der Waals surface area contributed by atoms with E-state index in [1.807, 2.05) is 17.0 Å². The van der Waals surface area contributed by atoms with Gasteiger partial charge in [0.05, 0.1) is 13.2 Å². The highest BCUT2D eigenvalue weighted by Gasteiger charge is 2.27. The molecule has 1 amide bonds. The zero-order valence-corrected chi connectivity index (χ0v) is 16.9. The molecule has 1 heterocycles. The van der Waals surface area contributed by atoms with Crippen LogP contribution in [-0.4, -0.2) is 55.0 Å². The lowest BCUT2D eigenvalue weighted by Gasteiger charge is -2.39. The lowest BCUT2D eigenvalue weighted by molar-refractivity contribution is -0.134. The highest BCUT2D eigenvalue weighted by molar-refractivity contribution is 5.85. The first-order valence-corrected chi connectivity index (χ1v) is 8.49. The van der Waals surface area contributed by atoms with Gasteiger partial charge in [0.1, 0.15) is 5.75 Å². The summed E-state index contributed by atoms with van der Waals surface area (Å²) in [6, 6.07) is 8.16. The van der Waals surface area contributed by atoms with E-state index < -0.39 is 0 Å². The lowest BCUT2D eigenvalue weighted by Crippen LogP contribution is -2.53.